The second-order valence-electron chi connectivity index (χ2n) is 6.68. The zero-order valence-electron chi connectivity index (χ0n) is 11.2. The van der Waals surface area contributed by atoms with Crippen molar-refractivity contribution in [3.05, 3.63) is 0 Å². The lowest BCUT2D eigenvalue weighted by atomic mass is 9.53. The van der Waals surface area contributed by atoms with Gasteiger partial charge in [-0.25, -0.2) is 0 Å². The molecule has 0 unspecified atom stereocenters. The third kappa shape index (κ3) is 2.68. The van der Waals surface area contributed by atoms with E-state index in [-0.39, 0.29) is 0 Å². The minimum atomic E-state index is 0.589. The van der Waals surface area contributed by atoms with Gasteiger partial charge < -0.3 is 5.32 Å². The van der Waals surface area contributed by atoms with Crippen molar-refractivity contribution >= 4 is 11.8 Å². The summed E-state index contributed by atoms with van der Waals surface area (Å²) < 4.78 is 0. The molecule has 17 heavy (non-hydrogen) atoms. The van der Waals surface area contributed by atoms with Crippen LogP contribution in [0, 0.1) is 17.8 Å². The summed E-state index contributed by atoms with van der Waals surface area (Å²) in [7, 11) is 0. The summed E-state index contributed by atoms with van der Waals surface area (Å²) in [6, 6.07) is 0. The summed E-state index contributed by atoms with van der Waals surface area (Å²) >= 11 is 2.09. The average molecular weight is 253 g/mol. The normalized spacial score (nSPS) is 43.2. The summed E-state index contributed by atoms with van der Waals surface area (Å²) in [6.07, 6.45) is 10.5. The van der Waals surface area contributed by atoms with Gasteiger partial charge in [0.2, 0.25) is 0 Å². The maximum absolute atomic E-state index is 3.97. The highest BCUT2D eigenvalue weighted by Gasteiger charge is 2.50. The zero-order valence-corrected chi connectivity index (χ0v) is 12.0. The topological polar surface area (TPSA) is 12.0 Å². The molecule has 4 bridgehead atoms. The van der Waals surface area contributed by atoms with Gasteiger partial charge in [-0.1, -0.05) is 6.92 Å². The summed E-state index contributed by atoms with van der Waals surface area (Å²) in [5, 5.41) is 3.97. The number of thioether (sulfide) groups is 1. The van der Waals surface area contributed by atoms with Crippen LogP contribution in [-0.2, 0) is 0 Å². The van der Waals surface area contributed by atoms with Gasteiger partial charge in [-0.05, 0) is 80.7 Å². The molecule has 98 valence electrons. The standard InChI is InChI=1S/C15H27NS/c1-2-17-5-3-4-16-15-9-12-6-13(10-15)8-14(7-12)11-15/h12-14,16H,2-11H2,1H3. The second kappa shape index (κ2) is 5.13. The van der Waals surface area contributed by atoms with Gasteiger partial charge >= 0.3 is 0 Å². The summed E-state index contributed by atoms with van der Waals surface area (Å²) in [5.41, 5.74) is 0.589. The highest BCUT2D eigenvalue weighted by atomic mass is 32.2. The fourth-order valence-corrected chi connectivity index (χ4v) is 5.64. The van der Waals surface area contributed by atoms with E-state index in [2.05, 4.69) is 24.0 Å². The quantitative estimate of drug-likeness (QED) is 0.725. The van der Waals surface area contributed by atoms with Crippen LogP contribution < -0.4 is 5.32 Å². The van der Waals surface area contributed by atoms with Gasteiger partial charge in [-0.3, -0.25) is 0 Å². The minimum Gasteiger partial charge on any atom is -0.311 e. The third-order valence-electron chi connectivity index (χ3n) is 5.21. The molecule has 0 aromatic carbocycles. The van der Waals surface area contributed by atoms with Crippen LogP contribution in [0.1, 0.15) is 51.9 Å². The van der Waals surface area contributed by atoms with Gasteiger partial charge in [0.1, 0.15) is 0 Å². The molecule has 2 heteroatoms. The van der Waals surface area contributed by atoms with Crippen molar-refractivity contribution in [1.82, 2.24) is 5.32 Å². The van der Waals surface area contributed by atoms with E-state index in [0.29, 0.717) is 5.54 Å². The molecule has 0 aromatic heterocycles. The Hall–Kier alpha value is 0.310. The van der Waals surface area contributed by atoms with Crippen LogP contribution in [-0.4, -0.2) is 23.6 Å². The molecule has 4 saturated carbocycles. The molecule has 0 aromatic rings. The first-order chi connectivity index (χ1) is 8.30. The fourth-order valence-electron chi connectivity index (χ4n) is 5.00. The summed E-state index contributed by atoms with van der Waals surface area (Å²) in [4.78, 5) is 0. The Morgan fingerprint density at radius 1 is 1.06 bits per heavy atom. The number of hydrogen-bond acceptors (Lipinski definition) is 2. The first-order valence-electron chi connectivity index (χ1n) is 7.62. The molecule has 4 aliphatic rings. The van der Waals surface area contributed by atoms with Gasteiger partial charge in [0.15, 0.2) is 0 Å². The van der Waals surface area contributed by atoms with E-state index in [1.165, 1.54) is 43.7 Å². The largest absolute Gasteiger partial charge is 0.311 e. The molecule has 0 atom stereocenters. The van der Waals surface area contributed by atoms with Gasteiger partial charge in [0.25, 0.3) is 0 Å². The van der Waals surface area contributed by atoms with Crippen molar-refractivity contribution in [2.45, 2.75) is 57.4 Å². The van der Waals surface area contributed by atoms with E-state index in [4.69, 9.17) is 0 Å². The Kier molecular flexibility index (Phi) is 3.72. The van der Waals surface area contributed by atoms with E-state index < -0.39 is 0 Å². The van der Waals surface area contributed by atoms with Gasteiger partial charge in [-0.2, -0.15) is 11.8 Å². The highest BCUT2D eigenvalue weighted by Crippen LogP contribution is 2.55. The van der Waals surface area contributed by atoms with Crippen molar-refractivity contribution in [2.24, 2.45) is 17.8 Å². The molecule has 1 nitrogen and oxygen atoms in total. The van der Waals surface area contributed by atoms with Crippen LogP contribution >= 0.6 is 11.8 Å². The monoisotopic (exact) mass is 253 g/mol. The number of hydrogen-bond donors (Lipinski definition) is 1. The van der Waals surface area contributed by atoms with Gasteiger partial charge in [0, 0.05) is 5.54 Å². The van der Waals surface area contributed by atoms with Crippen LogP contribution in [0.4, 0.5) is 0 Å². The van der Waals surface area contributed by atoms with Crippen LogP contribution in [0.25, 0.3) is 0 Å². The molecular weight excluding hydrogens is 226 g/mol. The van der Waals surface area contributed by atoms with Crippen molar-refractivity contribution in [1.29, 1.82) is 0 Å². The van der Waals surface area contributed by atoms with E-state index >= 15 is 0 Å². The Labute approximate surface area is 111 Å². The summed E-state index contributed by atoms with van der Waals surface area (Å²) in [6.45, 7) is 3.52. The SMILES string of the molecule is CCSCCCNC12CC3CC(CC(C3)C1)C2. The van der Waals surface area contributed by atoms with Crippen LogP contribution in [0.3, 0.4) is 0 Å². The van der Waals surface area contributed by atoms with E-state index in [1.807, 2.05) is 0 Å². The molecule has 0 amide bonds. The first kappa shape index (κ1) is 12.3. The van der Waals surface area contributed by atoms with Crippen LogP contribution in [0.5, 0.6) is 0 Å². The molecule has 0 saturated heterocycles. The van der Waals surface area contributed by atoms with Crippen molar-refractivity contribution in [3.63, 3.8) is 0 Å². The smallest absolute Gasteiger partial charge is 0.0189 e. The lowest BCUT2D eigenvalue weighted by Gasteiger charge is -2.57. The number of nitrogens with one attached hydrogen (secondary N) is 1. The molecule has 0 spiro atoms. The Balaban J connectivity index is 1.49. The second-order valence-corrected chi connectivity index (χ2v) is 8.07. The first-order valence-corrected chi connectivity index (χ1v) is 8.78. The third-order valence-corrected chi connectivity index (χ3v) is 6.19. The highest BCUT2D eigenvalue weighted by molar-refractivity contribution is 7.99. The Morgan fingerprint density at radius 3 is 2.18 bits per heavy atom. The molecule has 4 rings (SSSR count). The zero-order chi connectivity index (χ0) is 11.7. The Bertz CT molecular complexity index is 228. The molecule has 0 aliphatic heterocycles. The average Bonchev–Trinajstić information content (AvgIpc) is 2.26. The predicted octanol–water partition coefficient (Wildman–Crippen LogP) is 3.69. The predicted molar refractivity (Wildman–Crippen MR) is 76.5 cm³/mol. The number of rotatable bonds is 6. The molecular formula is C15H27NS. The molecule has 0 heterocycles. The van der Waals surface area contributed by atoms with E-state index in [1.54, 1.807) is 19.3 Å². The van der Waals surface area contributed by atoms with Crippen molar-refractivity contribution in [3.8, 4) is 0 Å². The molecule has 4 fully saturated rings. The lowest BCUT2D eigenvalue weighted by molar-refractivity contribution is -0.0193. The maximum atomic E-state index is 3.97. The minimum absolute atomic E-state index is 0.589. The molecule has 0 radical (unpaired) electrons. The van der Waals surface area contributed by atoms with Crippen molar-refractivity contribution < 1.29 is 0 Å². The van der Waals surface area contributed by atoms with Gasteiger partial charge in [-0.15, -0.1) is 0 Å². The molecule has 1 N–H and O–H groups in total. The molecule has 4 aliphatic carbocycles. The van der Waals surface area contributed by atoms with Gasteiger partial charge in [0.05, 0.1) is 0 Å². The van der Waals surface area contributed by atoms with E-state index in [0.717, 1.165) is 17.8 Å². The van der Waals surface area contributed by atoms with E-state index in [9.17, 15) is 0 Å². The maximum Gasteiger partial charge on any atom is 0.0189 e. The van der Waals surface area contributed by atoms with Crippen LogP contribution in [0.15, 0.2) is 0 Å². The van der Waals surface area contributed by atoms with Crippen LogP contribution in [0.2, 0.25) is 0 Å². The van der Waals surface area contributed by atoms with Crippen molar-refractivity contribution in [2.75, 3.05) is 18.1 Å². The Morgan fingerprint density at radius 2 is 1.65 bits per heavy atom. The summed E-state index contributed by atoms with van der Waals surface area (Å²) in [5.74, 6) is 5.86. The fraction of sp³-hybridized carbons (Fsp3) is 1.00. The lowest BCUT2D eigenvalue weighted by Crippen LogP contribution is -2.58.